The normalized spacial score (nSPS) is 14.6. The van der Waals surface area contributed by atoms with E-state index in [4.69, 9.17) is 10.5 Å². The van der Waals surface area contributed by atoms with Crippen LogP contribution in [0.25, 0.3) is 0 Å². The standard InChI is InChI=1S/C15H24N2O2/c1-10(11-6-8-12(19-5)9-7-11)17-14(18)13(16)15(2,3)4/h6-10,13H,16H2,1-5H3,(H,17,18)/t10-,13?/m0/s1. The summed E-state index contributed by atoms with van der Waals surface area (Å²) < 4.78 is 5.11. The van der Waals surface area contributed by atoms with E-state index in [2.05, 4.69) is 5.32 Å². The molecule has 3 N–H and O–H groups in total. The topological polar surface area (TPSA) is 64.3 Å². The van der Waals surface area contributed by atoms with Crippen LogP contribution in [0.2, 0.25) is 0 Å². The molecule has 19 heavy (non-hydrogen) atoms. The number of rotatable bonds is 4. The molecule has 4 heteroatoms. The summed E-state index contributed by atoms with van der Waals surface area (Å²) in [6.45, 7) is 7.80. The molecule has 1 amide bonds. The molecule has 0 saturated carbocycles. The molecular weight excluding hydrogens is 240 g/mol. The zero-order valence-corrected chi connectivity index (χ0v) is 12.4. The summed E-state index contributed by atoms with van der Waals surface area (Å²) in [5, 5.41) is 2.94. The van der Waals surface area contributed by atoms with Gasteiger partial charge in [-0.2, -0.15) is 0 Å². The quantitative estimate of drug-likeness (QED) is 0.876. The maximum Gasteiger partial charge on any atom is 0.237 e. The number of benzene rings is 1. The van der Waals surface area contributed by atoms with Gasteiger partial charge in [0.1, 0.15) is 5.75 Å². The molecule has 0 saturated heterocycles. The number of carbonyl (C=O) groups is 1. The average Bonchev–Trinajstić information content (AvgIpc) is 2.36. The first-order chi connectivity index (χ1) is 8.75. The van der Waals surface area contributed by atoms with Crippen LogP contribution in [0.3, 0.4) is 0 Å². The maximum absolute atomic E-state index is 12.0. The predicted octanol–water partition coefficient (Wildman–Crippen LogP) is 2.25. The molecule has 0 radical (unpaired) electrons. The largest absolute Gasteiger partial charge is 0.497 e. The van der Waals surface area contributed by atoms with Gasteiger partial charge >= 0.3 is 0 Å². The molecule has 4 nitrogen and oxygen atoms in total. The Morgan fingerprint density at radius 1 is 1.26 bits per heavy atom. The minimum Gasteiger partial charge on any atom is -0.497 e. The van der Waals surface area contributed by atoms with E-state index >= 15 is 0 Å². The molecule has 1 aromatic carbocycles. The highest BCUT2D eigenvalue weighted by atomic mass is 16.5. The van der Waals surface area contributed by atoms with E-state index in [-0.39, 0.29) is 17.4 Å². The monoisotopic (exact) mass is 264 g/mol. The van der Waals surface area contributed by atoms with Crippen molar-refractivity contribution in [2.24, 2.45) is 11.1 Å². The van der Waals surface area contributed by atoms with Gasteiger partial charge in [0, 0.05) is 0 Å². The highest BCUT2D eigenvalue weighted by Crippen LogP contribution is 2.20. The van der Waals surface area contributed by atoms with Gasteiger partial charge in [-0.25, -0.2) is 0 Å². The molecule has 0 aromatic heterocycles. The van der Waals surface area contributed by atoms with Crippen molar-refractivity contribution in [2.45, 2.75) is 39.8 Å². The van der Waals surface area contributed by atoms with Crippen molar-refractivity contribution in [3.05, 3.63) is 29.8 Å². The van der Waals surface area contributed by atoms with E-state index in [1.54, 1.807) is 7.11 Å². The molecule has 0 aliphatic heterocycles. The van der Waals surface area contributed by atoms with Gasteiger partial charge in [-0.15, -0.1) is 0 Å². The van der Waals surface area contributed by atoms with Gasteiger partial charge in [0.25, 0.3) is 0 Å². The van der Waals surface area contributed by atoms with Crippen LogP contribution in [0.5, 0.6) is 5.75 Å². The van der Waals surface area contributed by atoms with Crippen LogP contribution in [0.15, 0.2) is 24.3 Å². The zero-order chi connectivity index (χ0) is 14.6. The lowest BCUT2D eigenvalue weighted by atomic mass is 9.86. The molecule has 1 aromatic rings. The summed E-state index contributed by atoms with van der Waals surface area (Å²) in [6, 6.07) is 7.03. The molecule has 106 valence electrons. The van der Waals surface area contributed by atoms with Crippen LogP contribution in [0.1, 0.15) is 39.3 Å². The second-order valence-electron chi connectivity index (χ2n) is 5.85. The van der Waals surface area contributed by atoms with E-state index in [9.17, 15) is 4.79 Å². The first-order valence-corrected chi connectivity index (χ1v) is 6.45. The Bertz CT molecular complexity index is 421. The number of methoxy groups -OCH3 is 1. The number of hydrogen-bond acceptors (Lipinski definition) is 3. The molecule has 0 spiro atoms. The highest BCUT2D eigenvalue weighted by molar-refractivity contribution is 5.82. The Kier molecular flexibility index (Phi) is 4.95. The summed E-state index contributed by atoms with van der Waals surface area (Å²) in [7, 11) is 1.63. The van der Waals surface area contributed by atoms with Gasteiger partial charge in [-0.05, 0) is 30.0 Å². The zero-order valence-electron chi connectivity index (χ0n) is 12.4. The average molecular weight is 264 g/mol. The highest BCUT2D eigenvalue weighted by Gasteiger charge is 2.28. The molecule has 0 aliphatic carbocycles. The third kappa shape index (κ3) is 4.24. The number of carbonyl (C=O) groups excluding carboxylic acids is 1. The molecule has 0 bridgehead atoms. The van der Waals surface area contributed by atoms with E-state index in [0.29, 0.717) is 0 Å². The summed E-state index contributed by atoms with van der Waals surface area (Å²) in [6.07, 6.45) is 0. The second-order valence-corrected chi connectivity index (χ2v) is 5.85. The number of amides is 1. The summed E-state index contributed by atoms with van der Waals surface area (Å²) in [5.41, 5.74) is 6.71. The molecule has 0 heterocycles. The van der Waals surface area contributed by atoms with Gasteiger partial charge in [0.15, 0.2) is 0 Å². The fourth-order valence-corrected chi connectivity index (χ4v) is 1.67. The Morgan fingerprint density at radius 3 is 2.21 bits per heavy atom. The van der Waals surface area contributed by atoms with Crippen molar-refractivity contribution in [3.63, 3.8) is 0 Å². The Hall–Kier alpha value is -1.55. The summed E-state index contributed by atoms with van der Waals surface area (Å²) in [4.78, 5) is 12.0. The molecule has 1 unspecified atom stereocenters. The van der Waals surface area contributed by atoms with Gasteiger partial charge in [0.05, 0.1) is 19.2 Å². The predicted molar refractivity (Wildman–Crippen MR) is 77.0 cm³/mol. The third-order valence-corrected chi connectivity index (χ3v) is 3.19. The van der Waals surface area contributed by atoms with Crippen molar-refractivity contribution >= 4 is 5.91 Å². The third-order valence-electron chi connectivity index (χ3n) is 3.19. The van der Waals surface area contributed by atoms with Crippen molar-refractivity contribution in [2.75, 3.05) is 7.11 Å². The lowest BCUT2D eigenvalue weighted by Crippen LogP contribution is -2.49. The lowest BCUT2D eigenvalue weighted by molar-refractivity contribution is -0.125. The SMILES string of the molecule is COc1ccc([C@H](C)NC(=O)C(N)C(C)(C)C)cc1. The fraction of sp³-hybridized carbons (Fsp3) is 0.533. The van der Waals surface area contributed by atoms with Crippen LogP contribution in [-0.4, -0.2) is 19.1 Å². The van der Waals surface area contributed by atoms with E-state index in [0.717, 1.165) is 11.3 Å². The molecule has 1 rings (SSSR count). The summed E-state index contributed by atoms with van der Waals surface area (Å²) >= 11 is 0. The molecule has 0 aliphatic rings. The van der Waals surface area contributed by atoms with E-state index in [1.807, 2.05) is 52.0 Å². The first kappa shape index (κ1) is 15.5. The van der Waals surface area contributed by atoms with Crippen molar-refractivity contribution in [1.82, 2.24) is 5.32 Å². The van der Waals surface area contributed by atoms with Crippen molar-refractivity contribution in [3.8, 4) is 5.75 Å². The number of hydrogen-bond donors (Lipinski definition) is 2. The fourth-order valence-electron chi connectivity index (χ4n) is 1.67. The van der Waals surface area contributed by atoms with Gasteiger partial charge in [0.2, 0.25) is 5.91 Å². The Labute approximate surface area is 115 Å². The second kappa shape index (κ2) is 6.06. The van der Waals surface area contributed by atoms with Crippen LogP contribution >= 0.6 is 0 Å². The van der Waals surface area contributed by atoms with Gasteiger partial charge < -0.3 is 15.8 Å². The van der Waals surface area contributed by atoms with Crippen molar-refractivity contribution in [1.29, 1.82) is 0 Å². The number of nitrogens with two attached hydrogens (primary N) is 1. The Morgan fingerprint density at radius 2 is 1.79 bits per heavy atom. The van der Waals surface area contributed by atoms with Crippen LogP contribution in [-0.2, 0) is 4.79 Å². The Balaban J connectivity index is 2.68. The molecular formula is C15H24N2O2. The van der Waals surface area contributed by atoms with E-state index < -0.39 is 6.04 Å². The van der Waals surface area contributed by atoms with Crippen LogP contribution in [0, 0.1) is 5.41 Å². The van der Waals surface area contributed by atoms with Gasteiger partial charge in [-0.3, -0.25) is 4.79 Å². The summed E-state index contributed by atoms with van der Waals surface area (Å²) in [5.74, 6) is 0.671. The van der Waals surface area contributed by atoms with Crippen LogP contribution in [0.4, 0.5) is 0 Å². The first-order valence-electron chi connectivity index (χ1n) is 6.45. The number of ether oxygens (including phenoxy) is 1. The molecule has 0 fully saturated rings. The van der Waals surface area contributed by atoms with Gasteiger partial charge in [-0.1, -0.05) is 32.9 Å². The number of nitrogens with one attached hydrogen (secondary N) is 1. The van der Waals surface area contributed by atoms with Crippen molar-refractivity contribution < 1.29 is 9.53 Å². The van der Waals surface area contributed by atoms with Crippen LogP contribution < -0.4 is 15.8 Å². The maximum atomic E-state index is 12.0. The lowest BCUT2D eigenvalue weighted by Gasteiger charge is -2.27. The molecule has 2 atom stereocenters. The van der Waals surface area contributed by atoms with E-state index in [1.165, 1.54) is 0 Å². The minimum absolute atomic E-state index is 0.0770. The smallest absolute Gasteiger partial charge is 0.237 e. The minimum atomic E-state index is -0.520.